The van der Waals surface area contributed by atoms with Gasteiger partial charge in [0.05, 0.1) is 5.92 Å². The van der Waals surface area contributed by atoms with Gasteiger partial charge in [-0.25, -0.2) is 0 Å². The highest BCUT2D eigenvalue weighted by atomic mass is 16.2. The molecule has 0 bridgehead atoms. The number of nitrogens with one attached hydrogen (secondary N) is 1. The molecule has 0 unspecified atom stereocenters. The molecule has 2 amide bonds. The number of carbonyl (C=O) groups excluding carboxylic acids is 2. The second kappa shape index (κ2) is 7.13. The molecule has 1 saturated heterocycles. The maximum atomic E-state index is 12.3. The fourth-order valence-electron chi connectivity index (χ4n) is 3.59. The van der Waals surface area contributed by atoms with Crippen LogP contribution in [0.25, 0.3) is 0 Å². The van der Waals surface area contributed by atoms with Crippen molar-refractivity contribution in [1.29, 1.82) is 0 Å². The largest absolute Gasteiger partial charge is 0.352 e. The van der Waals surface area contributed by atoms with E-state index in [1.54, 1.807) is 0 Å². The average Bonchev–Trinajstić information content (AvgIpc) is 3.15. The van der Waals surface area contributed by atoms with Crippen LogP contribution in [0.5, 0.6) is 0 Å². The molecule has 1 aliphatic carbocycles. The highest BCUT2D eigenvalue weighted by Gasteiger charge is 2.30. The molecule has 1 heterocycles. The zero-order chi connectivity index (χ0) is 16.2. The molecule has 0 spiro atoms. The number of hydrogen-bond acceptors (Lipinski definition) is 3. The first-order valence-electron chi connectivity index (χ1n) is 8.53. The van der Waals surface area contributed by atoms with Crippen LogP contribution in [-0.4, -0.2) is 29.3 Å². The molecule has 0 radical (unpaired) electrons. The summed E-state index contributed by atoms with van der Waals surface area (Å²) in [7, 11) is 0. The third kappa shape index (κ3) is 3.72. The summed E-state index contributed by atoms with van der Waals surface area (Å²) in [6.45, 7) is 1.96. The number of amides is 2. The van der Waals surface area contributed by atoms with Crippen molar-refractivity contribution >= 4 is 11.8 Å². The van der Waals surface area contributed by atoms with Gasteiger partial charge in [0, 0.05) is 32.1 Å². The van der Waals surface area contributed by atoms with Crippen LogP contribution < -0.4 is 11.1 Å². The molecule has 5 nitrogen and oxygen atoms in total. The molecule has 5 heteroatoms. The van der Waals surface area contributed by atoms with Gasteiger partial charge in [0.25, 0.3) is 0 Å². The van der Waals surface area contributed by atoms with E-state index < -0.39 is 0 Å². The number of likely N-dealkylation sites (tertiary alicyclic amines) is 1. The molecule has 2 aliphatic rings. The molecule has 1 aliphatic heterocycles. The summed E-state index contributed by atoms with van der Waals surface area (Å²) >= 11 is 0. The summed E-state index contributed by atoms with van der Waals surface area (Å²) < 4.78 is 0. The Morgan fingerprint density at radius 2 is 2.00 bits per heavy atom. The molecule has 1 aromatic carbocycles. The van der Waals surface area contributed by atoms with Crippen LogP contribution in [0.4, 0.5) is 0 Å². The lowest BCUT2D eigenvalue weighted by Crippen LogP contribution is -2.38. The fourth-order valence-corrected chi connectivity index (χ4v) is 3.59. The minimum Gasteiger partial charge on any atom is -0.352 e. The van der Waals surface area contributed by atoms with E-state index in [9.17, 15) is 9.59 Å². The maximum absolute atomic E-state index is 12.3. The van der Waals surface area contributed by atoms with Gasteiger partial charge in [-0.05, 0) is 30.4 Å². The molecule has 3 N–H and O–H groups in total. The van der Waals surface area contributed by atoms with Crippen LogP contribution >= 0.6 is 0 Å². The molecular formula is C18H25N3O2. The minimum absolute atomic E-state index is 0.00698. The zero-order valence-corrected chi connectivity index (χ0v) is 13.5. The van der Waals surface area contributed by atoms with E-state index in [4.69, 9.17) is 5.73 Å². The van der Waals surface area contributed by atoms with Gasteiger partial charge in [0.15, 0.2) is 0 Å². The SMILES string of the molecule is N[C@H]1CCC[C@H]1C(=O)NCc1ccccc1CN1CCCC1=O. The Labute approximate surface area is 137 Å². The van der Waals surface area contributed by atoms with Crippen LogP contribution in [0.1, 0.15) is 43.2 Å². The normalized spacial score (nSPS) is 24.2. The molecular weight excluding hydrogens is 290 g/mol. The first kappa shape index (κ1) is 16.0. The molecule has 1 aromatic rings. The van der Waals surface area contributed by atoms with Gasteiger partial charge in [0.1, 0.15) is 0 Å². The Kier molecular flexibility index (Phi) is 4.96. The Morgan fingerprint density at radius 3 is 2.65 bits per heavy atom. The monoisotopic (exact) mass is 315 g/mol. The van der Waals surface area contributed by atoms with Crippen molar-refractivity contribution in [1.82, 2.24) is 10.2 Å². The number of carbonyl (C=O) groups is 2. The van der Waals surface area contributed by atoms with Crippen LogP contribution in [0.15, 0.2) is 24.3 Å². The quantitative estimate of drug-likeness (QED) is 0.865. The van der Waals surface area contributed by atoms with Crippen LogP contribution in [0, 0.1) is 5.92 Å². The fraction of sp³-hybridized carbons (Fsp3) is 0.556. The Morgan fingerprint density at radius 1 is 1.22 bits per heavy atom. The summed E-state index contributed by atoms with van der Waals surface area (Å²) in [4.78, 5) is 26.0. The Balaban J connectivity index is 1.61. The van der Waals surface area contributed by atoms with Crippen molar-refractivity contribution < 1.29 is 9.59 Å². The van der Waals surface area contributed by atoms with Crippen molar-refractivity contribution in [2.75, 3.05) is 6.54 Å². The Hall–Kier alpha value is -1.88. The van der Waals surface area contributed by atoms with Gasteiger partial charge in [-0.2, -0.15) is 0 Å². The molecule has 2 atom stereocenters. The summed E-state index contributed by atoms with van der Waals surface area (Å²) in [5, 5.41) is 3.03. The van der Waals surface area contributed by atoms with Crippen molar-refractivity contribution in [3.8, 4) is 0 Å². The van der Waals surface area contributed by atoms with E-state index in [0.29, 0.717) is 19.5 Å². The van der Waals surface area contributed by atoms with E-state index in [0.717, 1.165) is 43.4 Å². The van der Waals surface area contributed by atoms with Gasteiger partial charge < -0.3 is 16.0 Å². The summed E-state index contributed by atoms with van der Waals surface area (Å²) in [5.41, 5.74) is 8.18. The summed E-state index contributed by atoms with van der Waals surface area (Å²) in [6.07, 6.45) is 4.45. The second-order valence-electron chi connectivity index (χ2n) is 6.61. The lowest BCUT2D eigenvalue weighted by atomic mass is 10.0. The number of benzene rings is 1. The van der Waals surface area contributed by atoms with Crippen LogP contribution in [0.3, 0.4) is 0 Å². The highest BCUT2D eigenvalue weighted by molar-refractivity contribution is 5.80. The molecule has 23 heavy (non-hydrogen) atoms. The summed E-state index contributed by atoms with van der Waals surface area (Å²) in [5.74, 6) is 0.227. The minimum atomic E-state index is -0.0534. The molecule has 1 saturated carbocycles. The number of rotatable bonds is 5. The maximum Gasteiger partial charge on any atom is 0.224 e. The van der Waals surface area contributed by atoms with E-state index >= 15 is 0 Å². The van der Waals surface area contributed by atoms with Gasteiger partial charge in [-0.1, -0.05) is 30.7 Å². The standard InChI is InChI=1S/C18H25N3O2/c19-16-8-3-7-15(16)18(23)20-11-13-5-1-2-6-14(13)12-21-10-4-9-17(21)22/h1-2,5-6,15-16H,3-4,7-12,19H2,(H,20,23)/t15-,16+/m1/s1. The van der Waals surface area contributed by atoms with Crippen molar-refractivity contribution in [2.24, 2.45) is 11.7 Å². The van der Waals surface area contributed by atoms with E-state index in [2.05, 4.69) is 5.32 Å². The number of hydrogen-bond donors (Lipinski definition) is 2. The second-order valence-corrected chi connectivity index (χ2v) is 6.61. The predicted octanol–water partition coefficient (Wildman–Crippen LogP) is 1.55. The lowest BCUT2D eigenvalue weighted by molar-refractivity contribution is -0.128. The van der Waals surface area contributed by atoms with Gasteiger partial charge in [0.2, 0.25) is 11.8 Å². The number of nitrogens with two attached hydrogens (primary N) is 1. The molecule has 2 fully saturated rings. The molecule has 3 rings (SSSR count). The first-order chi connectivity index (χ1) is 11.1. The Bertz CT molecular complexity index is 587. The third-order valence-corrected chi connectivity index (χ3v) is 5.01. The molecule has 124 valence electrons. The smallest absolute Gasteiger partial charge is 0.224 e. The zero-order valence-electron chi connectivity index (χ0n) is 13.5. The van der Waals surface area contributed by atoms with Crippen molar-refractivity contribution in [3.63, 3.8) is 0 Å². The highest BCUT2D eigenvalue weighted by Crippen LogP contribution is 2.24. The van der Waals surface area contributed by atoms with Gasteiger partial charge in [-0.15, -0.1) is 0 Å². The lowest BCUT2D eigenvalue weighted by Gasteiger charge is -2.19. The molecule has 0 aromatic heterocycles. The van der Waals surface area contributed by atoms with Crippen LogP contribution in [-0.2, 0) is 22.7 Å². The summed E-state index contributed by atoms with van der Waals surface area (Å²) in [6, 6.07) is 8.00. The average molecular weight is 315 g/mol. The first-order valence-corrected chi connectivity index (χ1v) is 8.53. The van der Waals surface area contributed by atoms with Crippen LogP contribution in [0.2, 0.25) is 0 Å². The topological polar surface area (TPSA) is 75.4 Å². The van der Waals surface area contributed by atoms with Gasteiger partial charge >= 0.3 is 0 Å². The number of nitrogens with zero attached hydrogens (tertiary/aromatic N) is 1. The van der Waals surface area contributed by atoms with E-state index in [-0.39, 0.29) is 23.8 Å². The van der Waals surface area contributed by atoms with Crippen molar-refractivity contribution in [3.05, 3.63) is 35.4 Å². The van der Waals surface area contributed by atoms with E-state index in [1.807, 2.05) is 29.2 Å². The van der Waals surface area contributed by atoms with E-state index in [1.165, 1.54) is 0 Å². The van der Waals surface area contributed by atoms with Crippen molar-refractivity contribution in [2.45, 2.75) is 51.2 Å². The van der Waals surface area contributed by atoms with Gasteiger partial charge in [-0.3, -0.25) is 9.59 Å². The third-order valence-electron chi connectivity index (χ3n) is 5.01. The predicted molar refractivity (Wildman–Crippen MR) is 88.3 cm³/mol.